The molecule has 0 aliphatic heterocycles. The van der Waals surface area contributed by atoms with Gasteiger partial charge in [-0.3, -0.25) is 4.79 Å². The van der Waals surface area contributed by atoms with Crippen LogP contribution in [0.4, 0.5) is 0 Å². The van der Waals surface area contributed by atoms with E-state index in [0.717, 1.165) is 0 Å². The van der Waals surface area contributed by atoms with E-state index >= 15 is 0 Å². The van der Waals surface area contributed by atoms with Crippen molar-refractivity contribution < 1.29 is 4.79 Å². The van der Waals surface area contributed by atoms with Crippen LogP contribution < -0.4 is 5.73 Å². The first kappa shape index (κ1) is 13.8. The molecular weight excluding hydrogens is 256 g/mol. The van der Waals surface area contributed by atoms with Crippen molar-refractivity contribution in [3.05, 3.63) is 11.3 Å². The maximum Gasteiger partial charge on any atom is 0.227 e. The Labute approximate surface area is 108 Å². The van der Waals surface area contributed by atoms with Gasteiger partial charge in [0, 0.05) is 0 Å². The first-order chi connectivity index (χ1) is 8.12. The smallest absolute Gasteiger partial charge is 0.227 e. The highest BCUT2D eigenvalue weighted by atomic mass is 32.2. The van der Waals surface area contributed by atoms with E-state index in [1.807, 2.05) is 13.2 Å². The molecule has 0 spiro atoms. The number of hydrogen-bond acceptors (Lipinski definition) is 6. The van der Waals surface area contributed by atoms with Crippen LogP contribution in [0.5, 0.6) is 0 Å². The Morgan fingerprint density at radius 3 is 2.71 bits per heavy atom. The topological polar surface area (TPSA) is 92.7 Å². The zero-order valence-electron chi connectivity index (χ0n) is 9.56. The van der Waals surface area contributed by atoms with Gasteiger partial charge in [-0.2, -0.15) is 5.26 Å². The van der Waals surface area contributed by atoms with Crippen molar-refractivity contribution in [2.75, 3.05) is 12.0 Å². The lowest BCUT2D eigenvalue weighted by Gasteiger charge is -2.07. The second-order valence-corrected chi connectivity index (χ2v) is 4.79. The number of nitrogens with zero attached hydrogens (tertiary/aromatic N) is 3. The summed E-state index contributed by atoms with van der Waals surface area (Å²) in [6, 6.07) is 2.08. The van der Waals surface area contributed by atoms with Gasteiger partial charge >= 0.3 is 0 Å². The van der Waals surface area contributed by atoms with Gasteiger partial charge in [-0.05, 0) is 12.7 Å². The monoisotopic (exact) mass is 268 g/mol. The molecule has 0 atom stereocenters. The minimum Gasteiger partial charge on any atom is -0.369 e. The molecule has 0 saturated carbocycles. The van der Waals surface area contributed by atoms with Crippen LogP contribution in [-0.4, -0.2) is 27.9 Å². The molecule has 0 aliphatic rings. The third-order valence-corrected chi connectivity index (χ3v) is 3.46. The van der Waals surface area contributed by atoms with E-state index in [9.17, 15) is 4.79 Å². The summed E-state index contributed by atoms with van der Waals surface area (Å²) in [5, 5.41) is 10.2. The van der Waals surface area contributed by atoms with Crippen molar-refractivity contribution >= 4 is 29.4 Å². The Morgan fingerprint density at radius 2 is 2.24 bits per heavy atom. The Hall–Kier alpha value is -1.26. The Balaban J connectivity index is 3.16. The van der Waals surface area contributed by atoms with E-state index in [1.165, 1.54) is 23.5 Å². The summed E-state index contributed by atoms with van der Waals surface area (Å²) >= 11 is 2.58. The van der Waals surface area contributed by atoms with E-state index in [-0.39, 0.29) is 5.75 Å². The summed E-state index contributed by atoms with van der Waals surface area (Å²) in [6.07, 6.45) is 2.52. The molecule has 1 aromatic heterocycles. The molecule has 1 heterocycles. The fourth-order valence-electron chi connectivity index (χ4n) is 1.17. The van der Waals surface area contributed by atoms with E-state index in [0.29, 0.717) is 27.9 Å². The average Bonchev–Trinajstić information content (AvgIpc) is 2.34. The van der Waals surface area contributed by atoms with Crippen molar-refractivity contribution in [1.82, 2.24) is 9.97 Å². The first-order valence-corrected chi connectivity index (χ1v) is 7.09. The maximum atomic E-state index is 10.8. The van der Waals surface area contributed by atoms with Crippen LogP contribution in [0.2, 0.25) is 0 Å². The molecule has 1 amide bonds. The summed E-state index contributed by atoms with van der Waals surface area (Å²) in [5.41, 5.74) is 6.23. The summed E-state index contributed by atoms with van der Waals surface area (Å²) < 4.78 is 0. The lowest BCUT2D eigenvalue weighted by Crippen LogP contribution is -2.13. The minimum absolute atomic E-state index is 0.114. The van der Waals surface area contributed by atoms with Crippen LogP contribution in [-0.2, 0) is 11.2 Å². The lowest BCUT2D eigenvalue weighted by atomic mass is 10.2. The van der Waals surface area contributed by atoms with Gasteiger partial charge in [-0.15, -0.1) is 0 Å². The highest BCUT2D eigenvalue weighted by Gasteiger charge is 2.14. The van der Waals surface area contributed by atoms with Crippen LogP contribution in [0.15, 0.2) is 10.2 Å². The number of amides is 1. The number of nitrogens with two attached hydrogens (primary N) is 1. The van der Waals surface area contributed by atoms with E-state index in [1.54, 1.807) is 0 Å². The first-order valence-electron chi connectivity index (χ1n) is 4.88. The molecule has 5 nitrogen and oxygen atoms in total. The predicted molar refractivity (Wildman–Crippen MR) is 67.8 cm³/mol. The van der Waals surface area contributed by atoms with Crippen molar-refractivity contribution in [2.45, 2.75) is 23.5 Å². The normalized spacial score (nSPS) is 9.94. The Morgan fingerprint density at radius 1 is 1.53 bits per heavy atom. The van der Waals surface area contributed by atoms with Gasteiger partial charge < -0.3 is 5.73 Å². The molecule has 1 rings (SSSR count). The Kier molecular flexibility index (Phi) is 5.25. The number of aryl methyl sites for hydroxylation is 1. The van der Waals surface area contributed by atoms with Crippen LogP contribution >= 0.6 is 23.5 Å². The summed E-state index contributed by atoms with van der Waals surface area (Å²) in [7, 11) is 0. The minimum atomic E-state index is -0.429. The number of nitriles is 1. The number of rotatable bonds is 5. The third kappa shape index (κ3) is 3.61. The second kappa shape index (κ2) is 6.47. The van der Waals surface area contributed by atoms with Crippen molar-refractivity contribution in [3.63, 3.8) is 0 Å². The van der Waals surface area contributed by atoms with Gasteiger partial charge in [0.2, 0.25) is 5.91 Å². The number of carbonyl (C=O) groups excluding carboxylic acids is 1. The van der Waals surface area contributed by atoms with Crippen LogP contribution in [0.1, 0.15) is 18.2 Å². The molecule has 0 aromatic carbocycles. The van der Waals surface area contributed by atoms with Gasteiger partial charge in [0.15, 0.2) is 5.16 Å². The standard InChI is InChI=1S/C10H12N4OS2/c1-3-7-6(4-11)9(17-5-8(12)15)14-10(13-7)16-2/h3,5H2,1-2H3,(H2,12,15). The molecule has 1 aromatic rings. The molecule has 7 heteroatoms. The molecule has 0 aliphatic carbocycles. The molecule has 0 radical (unpaired) electrons. The van der Waals surface area contributed by atoms with Crippen molar-refractivity contribution in [3.8, 4) is 6.07 Å². The largest absolute Gasteiger partial charge is 0.369 e. The van der Waals surface area contributed by atoms with Gasteiger partial charge in [0.05, 0.1) is 11.4 Å². The highest BCUT2D eigenvalue weighted by molar-refractivity contribution is 8.00. The van der Waals surface area contributed by atoms with Gasteiger partial charge in [-0.25, -0.2) is 9.97 Å². The predicted octanol–water partition coefficient (Wildman–Crippen LogP) is 1.21. The summed E-state index contributed by atoms with van der Waals surface area (Å²) in [6.45, 7) is 1.93. The number of aromatic nitrogens is 2. The molecule has 0 fully saturated rings. The average molecular weight is 268 g/mol. The van der Waals surface area contributed by atoms with E-state index in [4.69, 9.17) is 11.0 Å². The highest BCUT2D eigenvalue weighted by Crippen LogP contribution is 2.24. The number of carbonyl (C=O) groups is 1. The van der Waals surface area contributed by atoms with Crippen LogP contribution in [0.3, 0.4) is 0 Å². The number of hydrogen-bond donors (Lipinski definition) is 1. The maximum absolute atomic E-state index is 10.8. The zero-order valence-corrected chi connectivity index (χ0v) is 11.2. The fraction of sp³-hybridized carbons (Fsp3) is 0.400. The van der Waals surface area contributed by atoms with Gasteiger partial charge in [0.1, 0.15) is 16.7 Å². The van der Waals surface area contributed by atoms with Crippen molar-refractivity contribution in [2.24, 2.45) is 5.73 Å². The Bertz CT molecular complexity index is 470. The summed E-state index contributed by atoms with van der Waals surface area (Å²) in [5.74, 6) is -0.316. The van der Waals surface area contributed by atoms with Crippen molar-refractivity contribution in [1.29, 1.82) is 5.26 Å². The van der Waals surface area contributed by atoms with E-state index in [2.05, 4.69) is 16.0 Å². The van der Waals surface area contributed by atoms with E-state index < -0.39 is 5.91 Å². The number of thioether (sulfide) groups is 2. The molecule has 17 heavy (non-hydrogen) atoms. The summed E-state index contributed by atoms with van der Waals surface area (Å²) in [4.78, 5) is 19.2. The van der Waals surface area contributed by atoms with Gasteiger partial charge in [0.25, 0.3) is 0 Å². The second-order valence-electron chi connectivity index (χ2n) is 3.06. The van der Waals surface area contributed by atoms with Gasteiger partial charge in [-0.1, -0.05) is 30.4 Å². The quantitative estimate of drug-likeness (QED) is 0.490. The third-order valence-electron chi connectivity index (χ3n) is 1.91. The molecule has 2 N–H and O–H groups in total. The molecule has 90 valence electrons. The fourth-order valence-corrected chi connectivity index (χ4v) is 2.35. The van der Waals surface area contributed by atoms with Crippen LogP contribution in [0, 0.1) is 11.3 Å². The SMILES string of the molecule is CCc1nc(SC)nc(SCC(N)=O)c1C#N. The molecular formula is C10H12N4OS2. The lowest BCUT2D eigenvalue weighted by molar-refractivity contribution is -0.115. The molecule has 0 bridgehead atoms. The zero-order chi connectivity index (χ0) is 12.8. The molecule has 0 saturated heterocycles. The molecule has 0 unspecified atom stereocenters. The number of primary amides is 1. The van der Waals surface area contributed by atoms with Crippen LogP contribution in [0.25, 0.3) is 0 Å².